The quantitative estimate of drug-likeness (QED) is 0.396. The minimum absolute atomic E-state index is 0. The second kappa shape index (κ2) is 9.57. The summed E-state index contributed by atoms with van der Waals surface area (Å²) in [7, 11) is -0.346. The number of guanidine groups is 1. The van der Waals surface area contributed by atoms with E-state index in [1.165, 1.54) is 37.7 Å². The zero-order chi connectivity index (χ0) is 16.9. The Bertz CT molecular complexity index is 639. The molecule has 0 spiro atoms. The number of nitrogens with two attached hydrogens (primary N) is 1. The number of benzene rings is 1. The summed E-state index contributed by atoms with van der Waals surface area (Å²) in [6, 6.07) is 7.18. The van der Waals surface area contributed by atoms with Gasteiger partial charge in [-0.15, -0.1) is 24.0 Å². The molecule has 1 aliphatic carbocycles. The molecule has 1 fully saturated rings. The standard InChI is InChI=1S/C16H26N4O2S.HI/c1-20(2)23(21,22)15-10-8-13(9-11-15)12-18-16(17)19-14-6-4-3-5-7-14;/h8-11,14H,3-7,12H2,1-2H3,(H3,17,18,19);1H. The molecule has 0 radical (unpaired) electrons. The molecule has 24 heavy (non-hydrogen) atoms. The van der Waals surface area contributed by atoms with E-state index in [4.69, 9.17) is 5.73 Å². The summed E-state index contributed by atoms with van der Waals surface area (Å²) in [5, 5.41) is 3.26. The Morgan fingerprint density at radius 3 is 2.33 bits per heavy atom. The number of aliphatic imine (C=N–C) groups is 1. The summed E-state index contributed by atoms with van der Waals surface area (Å²) >= 11 is 0. The highest BCUT2D eigenvalue weighted by Crippen LogP contribution is 2.17. The van der Waals surface area contributed by atoms with Gasteiger partial charge in [-0.05, 0) is 30.5 Å². The lowest BCUT2D eigenvalue weighted by atomic mass is 9.96. The fraction of sp³-hybridized carbons (Fsp3) is 0.562. The third-order valence-electron chi connectivity index (χ3n) is 4.09. The SMILES string of the molecule is CN(C)S(=O)(=O)c1ccc(CN=C(N)NC2CCCCC2)cc1.I. The molecule has 1 saturated carbocycles. The average molecular weight is 466 g/mol. The molecule has 0 saturated heterocycles. The molecule has 1 aliphatic rings. The molecule has 0 aliphatic heterocycles. The van der Waals surface area contributed by atoms with E-state index in [2.05, 4.69) is 10.3 Å². The van der Waals surface area contributed by atoms with Crippen molar-refractivity contribution in [2.45, 2.75) is 49.6 Å². The molecular formula is C16H27IN4O2S. The average Bonchev–Trinajstić information content (AvgIpc) is 2.54. The molecule has 136 valence electrons. The number of hydrogen-bond donors (Lipinski definition) is 2. The van der Waals surface area contributed by atoms with Crippen LogP contribution in [0.15, 0.2) is 34.2 Å². The van der Waals surface area contributed by atoms with Gasteiger partial charge in [-0.1, -0.05) is 31.4 Å². The highest BCUT2D eigenvalue weighted by molar-refractivity contribution is 14.0. The van der Waals surface area contributed by atoms with Crippen LogP contribution in [0.5, 0.6) is 0 Å². The number of sulfonamides is 1. The molecule has 1 aromatic carbocycles. The van der Waals surface area contributed by atoms with Crippen molar-refractivity contribution in [2.24, 2.45) is 10.7 Å². The lowest BCUT2D eigenvalue weighted by molar-refractivity contribution is 0.412. The molecule has 0 heterocycles. The van der Waals surface area contributed by atoms with E-state index in [9.17, 15) is 8.42 Å². The lowest BCUT2D eigenvalue weighted by Gasteiger charge is -2.23. The van der Waals surface area contributed by atoms with Gasteiger partial charge in [0.15, 0.2) is 5.96 Å². The van der Waals surface area contributed by atoms with Crippen molar-refractivity contribution >= 4 is 40.0 Å². The highest BCUT2D eigenvalue weighted by atomic mass is 127. The van der Waals surface area contributed by atoms with Crippen LogP contribution in [0.25, 0.3) is 0 Å². The van der Waals surface area contributed by atoms with Crippen molar-refractivity contribution in [1.82, 2.24) is 9.62 Å². The van der Waals surface area contributed by atoms with E-state index in [-0.39, 0.29) is 28.9 Å². The van der Waals surface area contributed by atoms with Gasteiger partial charge in [-0.3, -0.25) is 0 Å². The van der Waals surface area contributed by atoms with Crippen LogP contribution >= 0.6 is 24.0 Å². The summed E-state index contributed by atoms with van der Waals surface area (Å²) in [6.45, 7) is 0.438. The van der Waals surface area contributed by atoms with Crippen molar-refractivity contribution in [2.75, 3.05) is 14.1 Å². The van der Waals surface area contributed by atoms with Crippen LogP contribution in [0.4, 0.5) is 0 Å². The van der Waals surface area contributed by atoms with Gasteiger partial charge >= 0.3 is 0 Å². The van der Waals surface area contributed by atoms with Crippen molar-refractivity contribution < 1.29 is 8.42 Å². The normalized spacial score (nSPS) is 16.7. The van der Waals surface area contributed by atoms with E-state index in [1.54, 1.807) is 24.3 Å². The summed E-state index contributed by atoms with van der Waals surface area (Å²) in [4.78, 5) is 4.62. The van der Waals surface area contributed by atoms with Gasteiger partial charge in [0, 0.05) is 20.1 Å². The first-order valence-electron chi connectivity index (χ1n) is 7.97. The number of nitrogens with zero attached hydrogens (tertiary/aromatic N) is 2. The number of halogens is 1. The molecular weight excluding hydrogens is 439 g/mol. The summed E-state index contributed by atoms with van der Waals surface area (Å²) in [5.41, 5.74) is 6.85. The van der Waals surface area contributed by atoms with E-state index in [1.807, 2.05) is 0 Å². The highest BCUT2D eigenvalue weighted by Gasteiger charge is 2.16. The second-order valence-corrected chi connectivity index (χ2v) is 8.26. The van der Waals surface area contributed by atoms with Crippen molar-refractivity contribution in [3.05, 3.63) is 29.8 Å². The maximum atomic E-state index is 12.0. The fourth-order valence-electron chi connectivity index (χ4n) is 2.66. The van der Waals surface area contributed by atoms with E-state index in [0.29, 0.717) is 18.5 Å². The van der Waals surface area contributed by atoms with Crippen LogP contribution in [-0.2, 0) is 16.6 Å². The second-order valence-electron chi connectivity index (χ2n) is 6.11. The molecule has 6 nitrogen and oxygen atoms in total. The number of hydrogen-bond acceptors (Lipinski definition) is 3. The Balaban J connectivity index is 0.00000288. The van der Waals surface area contributed by atoms with E-state index in [0.717, 1.165) is 18.4 Å². The largest absolute Gasteiger partial charge is 0.370 e. The van der Waals surface area contributed by atoms with Crippen LogP contribution in [0.2, 0.25) is 0 Å². The molecule has 1 aromatic rings. The summed E-state index contributed by atoms with van der Waals surface area (Å²) < 4.78 is 25.2. The summed E-state index contributed by atoms with van der Waals surface area (Å²) in [5.74, 6) is 0.460. The number of rotatable bonds is 5. The van der Waals surface area contributed by atoms with Gasteiger partial charge in [0.25, 0.3) is 0 Å². The Kier molecular flexibility index (Phi) is 8.44. The Hall–Kier alpha value is -0.870. The van der Waals surface area contributed by atoms with E-state index >= 15 is 0 Å². The first-order valence-corrected chi connectivity index (χ1v) is 9.41. The minimum Gasteiger partial charge on any atom is -0.370 e. The van der Waals surface area contributed by atoms with E-state index < -0.39 is 10.0 Å². The molecule has 0 bridgehead atoms. The van der Waals surface area contributed by atoms with Gasteiger partial charge in [-0.2, -0.15) is 0 Å². The Labute approximate surface area is 162 Å². The Morgan fingerprint density at radius 2 is 1.79 bits per heavy atom. The topological polar surface area (TPSA) is 87.8 Å². The van der Waals surface area contributed by atoms with Crippen molar-refractivity contribution in [3.63, 3.8) is 0 Å². The predicted molar refractivity (Wildman–Crippen MR) is 108 cm³/mol. The third-order valence-corrected chi connectivity index (χ3v) is 5.92. The molecule has 3 N–H and O–H groups in total. The van der Waals surface area contributed by atoms with Crippen LogP contribution in [0, 0.1) is 0 Å². The maximum Gasteiger partial charge on any atom is 0.242 e. The van der Waals surface area contributed by atoms with Gasteiger partial charge in [-0.25, -0.2) is 17.7 Å². The van der Waals surface area contributed by atoms with Crippen LogP contribution in [0.3, 0.4) is 0 Å². The predicted octanol–water partition coefficient (Wildman–Crippen LogP) is 2.29. The zero-order valence-corrected chi connectivity index (χ0v) is 17.4. The summed E-state index contributed by atoms with van der Waals surface area (Å²) in [6.07, 6.45) is 6.08. The zero-order valence-electron chi connectivity index (χ0n) is 14.2. The Morgan fingerprint density at radius 1 is 1.21 bits per heavy atom. The van der Waals surface area contributed by atoms with Gasteiger partial charge in [0.05, 0.1) is 11.4 Å². The molecule has 0 amide bonds. The van der Waals surface area contributed by atoms with Gasteiger partial charge < -0.3 is 11.1 Å². The van der Waals surface area contributed by atoms with Crippen molar-refractivity contribution in [3.8, 4) is 0 Å². The van der Waals surface area contributed by atoms with Gasteiger partial charge in [0.2, 0.25) is 10.0 Å². The first-order chi connectivity index (χ1) is 10.9. The molecule has 0 unspecified atom stereocenters. The smallest absolute Gasteiger partial charge is 0.242 e. The fourth-order valence-corrected chi connectivity index (χ4v) is 3.56. The maximum absolute atomic E-state index is 12.0. The van der Waals surface area contributed by atoms with Crippen LogP contribution in [-0.4, -0.2) is 38.8 Å². The van der Waals surface area contributed by atoms with Gasteiger partial charge in [0.1, 0.15) is 0 Å². The number of nitrogens with one attached hydrogen (secondary N) is 1. The first kappa shape index (κ1) is 21.2. The molecule has 8 heteroatoms. The third kappa shape index (κ3) is 5.89. The van der Waals surface area contributed by atoms with Crippen LogP contribution in [0.1, 0.15) is 37.7 Å². The van der Waals surface area contributed by atoms with Crippen LogP contribution < -0.4 is 11.1 Å². The minimum atomic E-state index is -3.38. The molecule has 0 aromatic heterocycles. The lowest BCUT2D eigenvalue weighted by Crippen LogP contribution is -2.41. The monoisotopic (exact) mass is 466 g/mol. The molecule has 0 atom stereocenters. The molecule has 2 rings (SSSR count). The van der Waals surface area contributed by atoms with Crippen molar-refractivity contribution in [1.29, 1.82) is 0 Å².